The van der Waals surface area contributed by atoms with Crippen molar-refractivity contribution in [2.75, 3.05) is 6.54 Å². The van der Waals surface area contributed by atoms with Gasteiger partial charge in [-0.15, -0.1) is 0 Å². The van der Waals surface area contributed by atoms with Crippen molar-refractivity contribution >= 4 is 5.91 Å². The molecule has 1 aliphatic carbocycles. The van der Waals surface area contributed by atoms with Gasteiger partial charge in [-0.25, -0.2) is 0 Å². The van der Waals surface area contributed by atoms with Gasteiger partial charge < -0.3 is 9.73 Å². The first-order valence-electron chi connectivity index (χ1n) is 8.49. The van der Waals surface area contributed by atoms with E-state index in [1.54, 1.807) is 6.26 Å². The fraction of sp³-hybridized carbons (Fsp3) is 0.556. The van der Waals surface area contributed by atoms with Crippen molar-refractivity contribution in [3.05, 3.63) is 41.6 Å². The Hall–Kier alpha value is -2.04. The lowest BCUT2D eigenvalue weighted by molar-refractivity contribution is -0.126. The maximum atomic E-state index is 12.4. The van der Waals surface area contributed by atoms with Crippen LogP contribution in [-0.4, -0.2) is 22.2 Å². The van der Waals surface area contributed by atoms with Gasteiger partial charge in [-0.3, -0.25) is 9.48 Å². The molecule has 1 saturated carbocycles. The van der Waals surface area contributed by atoms with Gasteiger partial charge in [0.1, 0.15) is 11.8 Å². The molecule has 0 saturated heterocycles. The van der Waals surface area contributed by atoms with E-state index in [2.05, 4.69) is 10.4 Å². The van der Waals surface area contributed by atoms with Gasteiger partial charge in [-0.05, 0) is 44.9 Å². The number of hydrogen-bond donors (Lipinski definition) is 1. The highest BCUT2D eigenvalue weighted by Gasteiger charge is 2.24. The van der Waals surface area contributed by atoms with Gasteiger partial charge >= 0.3 is 0 Å². The highest BCUT2D eigenvalue weighted by molar-refractivity contribution is 5.78. The average Bonchev–Trinajstić information content (AvgIpc) is 3.19. The Morgan fingerprint density at radius 3 is 2.78 bits per heavy atom. The Labute approximate surface area is 137 Å². The standard InChI is InChI=1S/C18H25N3O2/c1-13-11-14(2)21(20-13)16(17-9-6-10-23-17)12-19-18(22)15-7-4-3-5-8-15/h6,9-11,15-16H,3-5,7-8,12H2,1-2H3,(H,19,22). The SMILES string of the molecule is Cc1cc(C)n(C(CNC(=O)C2CCCCC2)c2ccco2)n1. The van der Waals surface area contributed by atoms with E-state index in [1.165, 1.54) is 6.42 Å². The highest BCUT2D eigenvalue weighted by Crippen LogP contribution is 2.24. The Kier molecular flexibility index (Phi) is 4.84. The monoisotopic (exact) mass is 315 g/mol. The van der Waals surface area contributed by atoms with Gasteiger partial charge in [-0.1, -0.05) is 19.3 Å². The molecule has 0 aromatic carbocycles. The number of carbonyl (C=O) groups is 1. The summed E-state index contributed by atoms with van der Waals surface area (Å²) in [4.78, 5) is 12.4. The van der Waals surface area contributed by atoms with E-state index >= 15 is 0 Å². The minimum absolute atomic E-state index is 0.105. The number of nitrogens with one attached hydrogen (secondary N) is 1. The first-order chi connectivity index (χ1) is 11.1. The van der Waals surface area contributed by atoms with Crippen LogP contribution in [0.15, 0.2) is 28.9 Å². The summed E-state index contributed by atoms with van der Waals surface area (Å²) >= 11 is 0. The van der Waals surface area contributed by atoms with E-state index in [-0.39, 0.29) is 17.9 Å². The summed E-state index contributed by atoms with van der Waals surface area (Å²) < 4.78 is 7.52. The molecule has 124 valence electrons. The molecule has 1 unspecified atom stereocenters. The fourth-order valence-corrected chi connectivity index (χ4v) is 3.46. The molecule has 1 amide bonds. The minimum Gasteiger partial charge on any atom is -0.467 e. The normalized spacial score (nSPS) is 17.1. The number of aryl methyl sites for hydroxylation is 2. The molecule has 0 spiro atoms. The van der Waals surface area contributed by atoms with Crippen molar-refractivity contribution in [3.63, 3.8) is 0 Å². The number of amides is 1. The fourth-order valence-electron chi connectivity index (χ4n) is 3.46. The Morgan fingerprint density at radius 1 is 1.39 bits per heavy atom. The minimum atomic E-state index is -0.105. The van der Waals surface area contributed by atoms with E-state index in [0.717, 1.165) is 42.8 Å². The Balaban J connectivity index is 1.72. The number of rotatable bonds is 5. The maximum absolute atomic E-state index is 12.4. The van der Waals surface area contributed by atoms with Crippen LogP contribution in [0.25, 0.3) is 0 Å². The molecule has 1 N–H and O–H groups in total. The van der Waals surface area contributed by atoms with Gasteiger partial charge in [0.2, 0.25) is 5.91 Å². The van der Waals surface area contributed by atoms with Crippen molar-refractivity contribution in [2.45, 2.75) is 52.0 Å². The molecule has 3 rings (SSSR count). The lowest BCUT2D eigenvalue weighted by Crippen LogP contribution is -2.36. The van der Waals surface area contributed by atoms with Crippen LogP contribution in [0, 0.1) is 19.8 Å². The molecule has 23 heavy (non-hydrogen) atoms. The van der Waals surface area contributed by atoms with Gasteiger partial charge in [0.05, 0.1) is 12.0 Å². The third kappa shape index (κ3) is 3.66. The van der Waals surface area contributed by atoms with Crippen LogP contribution >= 0.6 is 0 Å². The van der Waals surface area contributed by atoms with E-state index < -0.39 is 0 Å². The summed E-state index contributed by atoms with van der Waals surface area (Å²) in [6.07, 6.45) is 7.27. The number of hydrogen-bond acceptors (Lipinski definition) is 3. The number of aromatic nitrogens is 2. The lowest BCUT2D eigenvalue weighted by atomic mass is 9.88. The van der Waals surface area contributed by atoms with Crippen LogP contribution in [-0.2, 0) is 4.79 Å². The Bertz CT molecular complexity index is 639. The summed E-state index contributed by atoms with van der Waals surface area (Å²) in [5, 5.41) is 7.68. The van der Waals surface area contributed by atoms with Crippen LogP contribution < -0.4 is 5.32 Å². The second kappa shape index (κ2) is 7.02. The highest BCUT2D eigenvalue weighted by atomic mass is 16.3. The first kappa shape index (κ1) is 15.8. The summed E-state index contributed by atoms with van der Waals surface area (Å²) in [6, 6.07) is 5.75. The van der Waals surface area contributed by atoms with Crippen molar-refractivity contribution in [2.24, 2.45) is 5.92 Å². The molecule has 1 fully saturated rings. The zero-order chi connectivity index (χ0) is 16.2. The van der Waals surface area contributed by atoms with Crippen LogP contribution in [0.1, 0.15) is 55.3 Å². The zero-order valence-electron chi connectivity index (χ0n) is 13.9. The molecule has 5 heteroatoms. The lowest BCUT2D eigenvalue weighted by Gasteiger charge is -2.23. The quantitative estimate of drug-likeness (QED) is 0.920. The van der Waals surface area contributed by atoms with Crippen molar-refractivity contribution in [3.8, 4) is 0 Å². The van der Waals surface area contributed by atoms with Crippen molar-refractivity contribution in [1.29, 1.82) is 0 Å². The van der Waals surface area contributed by atoms with Gasteiger partial charge in [0, 0.05) is 18.2 Å². The number of furan rings is 1. The van der Waals surface area contributed by atoms with E-state index in [4.69, 9.17) is 4.42 Å². The third-order valence-corrected chi connectivity index (χ3v) is 4.66. The molecular formula is C18H25N3O2. The Morgan fingerprint density at radius 2 is 2.17 bits per heavy atom. The first-order valence-corrected chi connectivity index (χ1v) is 8.49. The smallest absolute Gasteiger partial charge is 0.223 e. The molecule has 2 aromatic rings. The number of nitrogens with zero attached hydrogens (tertiary/aromatic N) is 2. The summed E-state index contributed by atoms with van der Waals surface area (Å²) in [5.74, 6) is 1.16. The van der Waals surface area contributed by atoms with Gasteiger partial charge in [0.25, 0.3) is 0 Å². The molecule has 2 aromatic heterocycles. The van der Waals surface area contributed by atoms with E-state index in [1.807, 2.05) is 36.7 Å². The summed E-state index contributed by atoms with van der Waals surface area (Å²) in [7, 11) is 0. The van der Waals surface area contributed by atoms with Crippen LogP contribution in [0.2, 0.25) is 0 Å². The molecular weight excluding hydrogens is 290 g/mol. The van der Waals surface area contributed by atoms with Gasteiger partial charge in [-0.2, -0.15) is 5.10 Å². The van der Waals surface area contributed by atoms with Crippen LogP contribution in [0.4, 0.5) is 0 Å². The summed E-state index contributed by atoms with van der Waals surface area (Å²) in [5.41, 5.74) is 2.04. The molecule has 5 nitrogen and oxygen atoms in total. The molecule has 0 aliphatic heterocycles. The molecule has 2 heterocycles. The third-order valence-electron chi connectivity index (χ3n) is 4.66. The van der Waals surface area contributed by atoms with Crippen molar-refractivity contribution < 1.29 is 9.21 Å². The maximum Gasteiger partial charge on any atom is 0.223 e. The average molecular weight is 315 g/mol. The largest absolute Gasteiger partial charge is 0.467 e. The zero-order valence-corrected chi connectivity index (χ0v) is 13.9. The topological polar surface area (TPSA) is 60.1 Å². The second-order valence-electron chi connectivity index (χ2n) is 6.48. The van der Waals surface area contributed by atoms with Gasteiger partial charge in [0.15, 0.2) is 0 Å². The second-order valence-corrected chi connectivity index (χ2v) is 6.48. The van der Waals surface area contributed by atoms with Crippen LogP contribution in [0.5, 0.6) is 0 Å². The summed E-state index contributed by atoms with van der Waals surface area (Å²) in [6.45, 7) is 4.51. The molecule has 1 atom stereocenters. The predicted molar refractivity (Wildman–Crippen MR) is 88.1 cm³/mol. The van der Waals surface area contributed by atoms with E-state index in [9.17, 15) is 4.79 Å². The molecule has 0 radical (unpaired) electrons. The molecule has 0 bridgehead atoms. The predicted octanol–water partition coefficient (Wildman–Crippen LogP) is 3.38. The molecule has 1 aliphatic rings. The van der Waals surface area contributed by atoms with Crippen molar-refractivity contribution in [1.82, 2.24) is 15.1 Å². The van der Waals surface area contributed by atoms with Crippen LogP contribution in [0.3, 0.4) is 0 Å². The van der Waals surface area contributed by atoms with E-state index in [0.29, 0.717) is 6.54 Å². The number of carbonyl (C=O) groups excluding carboxylic acids is 1.